The number of amides is 1. The third-order valence-electron chi connectivity index (χ3n) is 3.29. The third kappa shape index (κ3) is 4.65. The predicted octanol–water partition coefficient (Wildman–Crippen LogP) is 2.32. The van der Waals surface area contributed by atoms with Crippen LogP contribution in [0.1, 0.15) is 38.1 Å². The van der Waals surface area contributed by atoms with Gasteiger partial charge in [-0.05, 0) is 39.8 Å². The van der Waals surface area contributed by atoms with Crippen molar-refractivity contribution in [3.05, 3.63) is 23.8 Å². The van der Waals surface area contributed by atoms with Crippen molar-refractivity contribution in [1.29, 1.82) is 0 Å². The number of nitrogens with one attached hydrogen (secondary N) is 1. The van der Waals surface area contributed by atoms with Crippen LogP contribution in [0.25, 0.3) is 0 Å². The normalized spacial score (nSPS) is 13.4. The molecular formula is C16H23NO5. The van der Waals surface area contributed by atoms with Crippen LogP contribution < -0.4 is 14.8 Å². The van der Waals surface area contributed by atoms with Crippen LogP contribution >= 0.6 is 0 Å². The van der Waals surface area contributed by atoms with Gasteiger partial charge in [0.15, 0.2) is 0 Å². The molecule has 0 bridgehead atoms. The van der Waals surface area contributed by atoms with E-state index in [0.717, 1.165) is 0 Å². The van der Waals surface area contributed by atoms with Crippen LogP contribution in [0.4, 0.5) is 0 Å². The highest BCUT2D eigenvalue weighted by Crippen LogP contribution is 2.26. The molecule has 0 saturated heterocycles. The maximum atomic E-state index is 12.4. The Morgan fingerprint density at radius 3 is 2.32 bits per heavy atom. The first-order valence-electron chi connectivity index (χ1n) is 7.14. The summed E-state index contributed by atoms with van der Waals surface area (Å²) in [6, 6.07) is 4.40. The average molecular weight is 309 g/mol. The smallest absolute Gasteiger partial charge is 0.308 e. The number of carboxylic acids is 1. The Labute approximate surface area is 130 Å². The van der Waals surface area contributed by atoms with E-state index in [0.29, 0.717) is 17.1 Å². The van der Waals surface area contributed by atoms with Crippen molar-refractivity contribution < 1.29 is 24.2 Å². The minimum atomic E-state index is -0.957. The fourth-order valence-corrected chi connectivity index (χ4v) is 1.79. The van der Waals surface area contributed by atoms with Crippen molar-refractivity contribution in [2.45, 2.75) is 39.8 Å². The summed E-state index contributed by atoms with van der Waals surface area (Å²) in [5.74, 6) is -1.03. The molecule has 1 amide bonds. The van der Waals surface area contributed by atoms with Crippen LogP contribution in [0.15, 0.2) is 18.2 Å². The molecule has 1 aromatic carbocycles. The fraction of sp³-hybridized carbons (Fsp3) is 0.500. The van der Waals surface area contributed by atoms with Gasteiger partial charge in [-0.2, -0.15) is 0 Å². The number of aliphatic carboxylic acids is 1. The molecule has 0 spiro atoms. The van der Waals surface area contributed by atoms with Crippen molar-refractivity contribution >= 4 is 11.9 Å². The van der Waals surface area contributed by atoms with E-state index >= 15 is 0 Å². The van der Waals surface area contributed by atoms with Gasteiger partial charge in [0, 0.05) is 12.1 Å². The molecule has 1 aromatic rings. The molecule has 0 saturated carbocycles. The second-order valence-corrected chi connectivity index (χ2v) is 5.42. The maximum absolute atomic E-state index is 12.4. The standard InChI is InChI=1S/C16H23NO5/c1-9(2)22-14-8-12(21-5)6-7-13(14)15(18)17-11(4)10(3)16(19)20/h6-11H,1-5H3,(H,17,18)(H,19,20). The van der Waals surface area contributed by atoms with E-state index in [4.69, 9.17) is 14.6 Å². The zero-order valence-electron chi connectivity index (χ0n) is 13.5. The molecule has 2 unspecified atom stereocenters. The number of carbonyl (C=O) groups is 2. The Morgan fingerprint density at radius 1 is 1.18 bits per heavy atom. The summed E-state index contributed by atoms with van der Waals surface area (Å²) in [4.78, 5) is 23.3. The van der Waals surface area contributed by atoms with Crippen LogP contribution in [-0.2, 0) is 4.79 Å². The number of carbonyl (C=O) groups excluding carboxylic acids is 1. The number of carboxylic acid groups (broad SMARTS) is 1. The van der Waals surface area contributed by atoms with E-state index in [2.05, 4.69) is 5.32 Å². The number of rotatable bonds is 7. The molecule has 1 rings (SSSR count). The molecular weight excluding hydrogens is 286 g/mol. The second-order valence-electron chi connectivity index (χ2n) is 5.42. The van der Waals surface area contributed by atoms with Crippen molar-refractivity contribution in [1.82, 2.24) is 5.32 Å². The summed E-state index contributed by atoms with van der Waals surface area (Å²) >= 11 is 0. The monoisotopic (exact) mass is 309 g/mol. The summed E-state index contributed by atoms with van der Waals surface area (Å²) in [6.45, 7) is 6.92. The Hall–Kier alpha value is -2.24. The first kappa shape index (κ1) is 17.8. The first-order chi connectivity index (χ1) is 10.3. The van der Waals surface area contributed by atoms with Crippen molar-refractivity contribution in [2.24, 2.45) is 5.92 Å². The molecule has 0 aliphatic rings. The number of ether oxygens (including phenoxy) is 2. The van der Waals surface area contributed by atoms with Gasteiger partial charge in [-0.1, -0.05) is 0 Å². The molecule has 0 aliphatic heterocycles. The van der Waals surface area contributed by atoms with Gasteiger partial charge in [0.1, 0.15) is 11.5 Å². The van der Waals surface area contributed by atoms with Crippen LogP contribution in [0.3, 0.4) is 0 Å². The molecule has 6 heteroatoms. The molecule has 2 N–H and O–H groups in total. The van der Waals surface area contributed by atoms with Gasteiger partial charge in [0.25, 0.3) is 5.91 Å². The molecule has 0 fully saturated rings. The lowest BCUT2D eigenvalue weighted by Gasteiger charge is -2.20. The van der Waals surface area contributed by atoms with Gasteiger partial charge < -0.3 is 19.9 Å². The van der Waals surface area contributed by atoms with Crippen LogP contribution in [-0.4, -0.2) is 36.2 Å². The van der Waals surface area contributed by atoms with Crippen molar-refractivity contribution in [3.63, 3.8) is 0 Å². The lowest BCUT2D eigenvalue weighted by Crippen LogP contribution is -2.40. The molecule has 2 atom stereocenters. The van der Waals surface area contributed by atoms with Crippen molar-refractivity contribution in [3.8, 4) is 11.5 Å². The second kappa shape index (κ2) is 7.68. The number of methoxy groups -OCH3 is 1. The van der Waals surface area contributed by atoms with Gasteiger partial charge in [0.05, 0.1) is 24.7 Å². The van der Waals surface area contributed by atoms with Gasteiger partial charge in [0.2, 0.25) is 0 Å². The average Bonchev–Trinajstić information content (AvgIpc) is 2.45. The van der Waals surface area contributed by atoms with E-state index in [1.165, 1.54) is 7.11 Å². The van der Waals surface area contributed by atoms with Crippen LogP contribution in [0.5, 0.6) is 11.5 Å². The zero-order chi connectivity index (χ0) is 16.9. The highest BCUT2D eigenvalue weighted by molar-refractivity contribution is 5.97. The third-order valence-corrected chi connectivity index (χ3v) is 3.29. The topological polar surface area (TPSA) is 84.9 Å². The van der Waals surface area contributed by atoms with E-state index in [1.54, 1.807) is 32.0 Å². The quantitative estimate of drug-likeness (QED) is 0.807. The Kier molecular flexibility index (Phi) is 6.22. The summed E-state index contributed by atoms with van der Waals surface area (Å²) in [7, 11) is 1.53. The largest absolute Gasteiger partial charge is 0.497 e. The summed E-state index contributed by atoms with van der Waals surface area (Å²) < 4.78 is 10.8. The molecule has 122 valence electrons. The molecule has 0 aromatic heterocycles. The lowest BCUT2D eigenvalue weighted by atomic mass is 10.0. The SMILES string of the molecule is COc1ccc(C(=O)NC(C)C(C)C(=O)O)c(OC(C)C)c1. The van der Waals surface area contributed by atoms with Gasteiger partial charge in [-0.3, -0.25) is 9.59 Å². The minimum Gasteiger partial charge on any atom is -0.497 e. The summed E-state index contributed by atoms with van der Waals surface area (Å²) in [5, 5.41) is 11.7. The Morgan fingerprint density at radius 2 is 1.82 bits per heavy atom. The molecule has 0 heterocycles. The van der Waals surface area contributed by atoms with Crippen LogP contribution in [0.2, 0.25) is 0 Å². The van der Waals surface area contributed by atoms with Crippen molar-refractivity contribution in [2.75, 3.05) is 7.11 Å². The highest BCUT2D eigenvalue weighted by atomic mass is 16.5. The minimum absolute atomic E-state index is 0.103. The Balaban J connectivity index is 2.99. The van der Waals surface area contributed by atoms with Crippen LogP contribution in [0, 0.1) is 5.92 Å². The molecule has 22 heavy (non-hydrogen) atoms. The Bertz CT molecular complexity index is 541. The number of hydrogen-bond acceptors (Lipinski definition) is 4. The predicted molar refractivity (Wildman–Crippen MR) is 82.5 cm³/mol. The lowest BCUT2D eigenvalue weighted by molar-refractivity contribution is -0.141. The molecule has 0 radical (unpaired) electrons. The number of benzene rings is 1. The summed E-state index contributed by atoms with van der Waals surface area (Å²) in [5.41, 5.74) is 0.346. The van der Waals surface area contributed by atoms with Gasteiger partial charge >= 0.3 is 5.97 Å². The fourth-order valence-electron chi connectivity index (χ4n) is 1.79. The van der Waals surface area contributed by atoms with E-state index in [9.17, 15) is 9.59 Å². The van der Waals surface area contributed by atoms with E-state index in [-0.39, 0.29) is 12.0 Å². The number of hydrogen-bond donors (Lipinski definition) is 2. The van der Waals surface area contributed by atoms with Gasteiger partial charge in [-0.25, -0.2) is 0 Å². The van der Waals surface area contributed by atoms with Gasteiger partial charge in [-0.15, -0.1) is 0 Å². The first-order valence-corrected chi connectivity index (χ1v) is 7.14. The summed E-state index contributed by atoms with van der Waals surface area (Å²) in [6.07, 6.45) is -0.103. The highest BCUT2D eigenvalue weighted by Gasteiger charge is 2.23. The molecule has 0 aliphatic carbocycles. The molecule has 6 nitrogen and oxygen atoms in total. The maximum Gasteiger partial charge on any atom is 0.308 e. The zero-order valence-corrected chi connectivity index (χ0v) is 13.5. The van der Waals surface area contributed by atoms with E-state index < -0.39 is 17.9 Å². The van der Waals surface area contributed by atoms with E-state index in [1.807, 2.05) is 13.8 Å².